The van der Waals surface area contributed by atoms with Gasteiger partial charge in [-0.05, 0) is 24.3 Å². The lowest BCUT2D eigenvalue weighted by Crippen LogP contribution is -2.36. The average Bonchev–Trinajstić information content (AvgIpc) is 2.99. The summed E-state index contributed by atoms with van der Waals surface area (Å²) in [5.74, 6) is 0.636. The lowest BCUT2D eigenvalue weighted by Gasteiger charge is -2.25. The summed E-state index contributed by atoms with van der Waals surface area (Å²) in [6.07, 6.45) is 3.35. The molecule has 0 aliphatic carbocycles. The molecule has 1 atom stereocenters. The summed E-state index contributed by atoms with van der Waals surface area (Å²) in [6.45, 7) is 1.41. The lowest BCUT2D eigenvalue weighted by atomic mass is 10.2. The van der Waals surface area contributed by atoms with E-state index >= 15 is 0 Å². The Kier molecular flexibility index (Phi) is 3.47. The average molecular weight is 309 g/mol. The molecule has 0 radical (unpaired) electrons. The SMILES string of the molecule is O=C(NC[C@H]1COCc2nc3cccnc3n21)c1ccccn1. The highest BCUT2D eigenvalue weighted by atomic mass is 16.5. The molecule has 1 amide bonds. The number of aromatic nitrogens is 4. The van der Waals surface area contributed by atoms with E-state index in [1.807, 2.05) is 12.1 Å². The van der Waals surface area contributed by atoms with Gasteiger partial charge in [0.2, 0.25) is 0 Å². The minimum absolute atomic E-state index is 0.0358. The molecule has 23 heavy (non-hydrogen) atoms. The zero-order valence-electron chi connectivity index (χ0n) is 12.3. The molecule has 1 aliphatic heterocycles. The second-order valence-corrected chi connectivity index (χ2v) is 5.34. The van der Waals surface area contributed by atoms with Crippen LogP contribution in [0.5, 0.6) is 0 Å². The Hall–Kier alpha value is -2.80. The fraction of sp³-hybridized carbons (Fsp3) is 0.250. The fourth-order valence-corrected chi connectivity index (χ4v) is 2.77. The highest BCUT2D eigenvalue weighted by molar-refractivity contribution is 5.92. The maximum absolute atomic E-state index is 12.1. The van der Waals surface area contributed by atoms with E-state index in [0.29, 0.717) is 25.5 Å². The number of imidazole rings is 1. The Labute approximate surface area is 132 Å². The van der Waals surface area contributed by atoms with Crippen molar-refractivity contribution in [2.45, 2.75) is 12.6 Å². The highest BCUT2D eigenvalue weighted by Crippen LogP contribution is 2.24. The van der Waals surface area contributed by atoms with E-state index in [0.717, 1.165) is 17.0 Å². The van der Waals surface area contributed by atoms with Crippen LogP contribution in [0.1, 0.15) is 22.4 Å². The number of hydrogen-bond acceptors (Lipinski definition) is 5. The number of ether oxygens (including phenoxy) is 1. The van der Waals surface area contributed by atoms with Crippen LogP contribution in [0.15, 0.2) is 42.7 Å². The van der Waals surface area contributed by atoms with Crippen LogP contribution in [0, 0.1) is 0 Å². The van der Waals surface area contributed by atoms with Crippen LogP contribution >= 0.6 is 0 Å². The number of hydrogen-bond donors (Lipinski definition) is 1. The molecule has 0 saturated carbocycles. The zero-order valence-corrected chi connectivity index (χ0v) is 12.3. The molecule has 1 aliphatic rings. The van der Waals surface area contributed by atoms with Crippen LogP contribution in [0.2, 0.25) is 0 Å². The van der Waals surface area contributed by atoms with Crippen molar-refractivity contribution >= 4 is 17.1 Å². The summed E-state index contributed by atoms with van der Waals surface area (Å²) < 4.78 is 7.65. The van der Waals surface area contributed by atoms with Gasteiger partial charge in [0.1, 0.15) is 23.6 Å². The van der Waals surface area contributed by atoms with Gasteiger partial charge in [-0.1, -0.05) is 6.07 Å². The van der Waals surface area contributed by atoms with Crippen LogP contribution in [-0.4, -0.2) is 38.6 Å². The summed E-state index contributed by atoms with van der Waals surface area (Å²) in [5, 5.41) is 2.91. The smallest absolute Gasteiger partial charge is 0.269 e. The molecule has 4 rings (SSSR count). The Morgan fingerprint density at radius 1 is 1.26 bits per heavy atom. The van der Waals surface area contributed by atoms with Gasteiger partial charge in [0.25, 0.3) is 5.91 Å². The number of pyridine rings is 2. The number of carbonyl (C=O) groups is 1. The van der Waals surface area contributed by atoms with E-state index in [4.69, 9.17) is 4.74 Å². The van der Waals surface area contributed by atoms with E-state index in [9.17, 15) is 4.79 Å². The first-order valence-corrected chi connectivity index (χ1v) is 7.42. The number of nitrogens with one attached hydrogen (secondary N) is 1. The maximum Gasteiger partial charge on any atom is 0.269 e. The second-order valence-electron chi connectivity index (χ2n) is 5.34. The van der Waals surface area contributed by atoms with Crippen LogP contribution in [0.4, 0.5) is 0 Å². The van der Waals surface area contributed by atoms with Gasteiger partial charge >= 0.3 is 0 Å². The van der Waals surface area contributed by atoms with Gasteiger partial charge in [0, 0.05) is 18.9 Å². The molecule has 1 N–H and O–H groups in total. The van der Waals surface area contributed by atoms with E-state index in [1.54, 1.807) is 30.6 Å². The molecule has 4 heterocycles. The van der Waals surface area contributed by atoms with Crippen molar-refractivity contribution in [3.05, 3.63) is 54.2 Å². The summed E-state index contributed by atoms with van der Waals surface area (Å²) in [4.78, 5) is 25.1. The van der Waals surface area contributed by atoms with E-state index in [1.165, 1.54) is 0 Å². The van der Waals surface area contributed by atoms with Crippen LogP contribution in [0.25, 0.3) is 11.2 Å². The van der Waals surface area contributed by atoms with Crippen molar-refractivity contribution < 1.29 is 9.53 Å². The topological polar surface area (TPSA) is 81.9 Å². The Bertz CT molecular complexity index is 846. The summed E-state index contributed by atoms with van der Waals surface area (Å²) in [5.41, 5.74) is 2.06. The fourth-order valence-electron chi connectivity index (χ4n) is 2.77. The molecule has 0 bridgehead atoms. The second kappa shape index (κ2) is 5.77. The highest BCUT2D eigenvalue weighted by Gasteiger charge is 2.25. The van der Waals surface area contributed by atoms with Crippen molar-refractivity contribution in [2.24, 2.45) is 0 Å². The Balaban J connectivity index is 1.56. The minimum atomic E-state index is -0.199. The normalized spacial score (nSPS) is 17.0. The van der Waals surface area contributed by atoms with Gasteiger partial charge in [0.05, 0.1) is 12.6 Å². The van der Waals surface area contributed by atoms with Crippen molar-refractivity contribution in [2.75, 3.05) is 13.2 Å². The van der Waals surface area contributed by atoms with Gasteiger partial charge < -0.3 is 14.6 Å². The van der Waals surface area contributed by atoms with Crippen LogP contribution in [0.3, 0.4) is 0 Å². The molecule has 0 spiro atoms. The number of rotatable bonds is 3. The molecule has 0 aromatic carbocycles. The van der Waals surface area contributed by atoms with Gasteiger partial charge in [-0.3, -0.25) is 9.78 Å². The third-order valence-corrected chi connectivity index (χ3v) is 3.82. The predicted molar refractivity (Wildman–Crippen MR) is 82.8 cm³/mol. The maximum atomic E-state index is 12.1. The summed E-state index contributed by atoms with van der Waals surface area (Å²) in [6, 6.07) is 9.01. The quantitative estimate of drug-likeness (QED) is 0.789. The molecule has 0 fully saturated rings. The number of fused-ring (bicyclic) bond motifs is 3. The molecule has 3 aromatic heterocycles. The minimum Gasteiger partial charge on any atom is -0.371 e. The molecule has 3 aromatic rings. The van der Waals surface area contributed by atoms with Gasteiger partial charge in [-0.15, -0.1) is 0 Å². The first kappa shape index (κ1) is 13.8. The van der Waals surface area contributed by atoms with Crippen molar-refractivity contribution in [1.82, 2.24) is 24.8 Å². The third kappa shape index (κ3) is 2.55. The Morgan fingerprint density at radius 2 is 2.17 bits per heavy atom. The van der Waals surface area contributed by atoms with Crippen molar-refractivity contribution in [3.63, 3.8) is 0 Å². The van der Waals surface area contributed by atoms with E-state index in [-0.39, 0.29) is 11.9 Å². The summed E-state index contributed by atoms with van der Waals surface area (Å²) in [7, 11) is 0. The Morgan fingerprint density at radius 3 is 3.04 bits per heavy atom. The van der Waals surface area contributed by atoms with Crippen LogP contribution < -0.4 is 5.32 Å². The van der Waals surface area contributed by atoms with Gasteiger partial charge in [0.15, 0.2) is 5.65 Å². The molecule has 0 saturated heterocycles. The standard InChI is InChI=1S/C16H15N5O2/c22-16(13-4-1-2-6-17-13)19-8-11-9-23-10-14-20-12-5-3-7-18-15(12)21(11)14/h1-7,11H,8-10H2,(H,19,22)/t11-/m0/s1. The van der Waals surface area contributed by atoms with Gasteiger partial charge in [-0.25, -0.2) is 9.97 Å². The predicted octanol–water partition coefficient (Wildman–Crippen LogP) is 1.33. The molecular weight excluding hydrogens is 294 g/mol. The number of amides is 1. The first-order valence-electron chi connectivity index (χ1n) is 7.42. The third-order valence-electron chi connectivity index (χ3n) is 3.82. The number of nitrogens with zero attached hydrogens (tertiary/aromatic N) is 4. The number of carbonyl (C=O) groups excluding carboxylic acids is 1. The molecular formula is C16H15N5O2. The first-order chi connectivity index (χ1) is 11.3. The van der Waals surface area contributed by atoms with Crippen LogP contribution in [-0.2, 0) is 11.3 Å². The van der Waals surface area contributed by atoms with Crippen molar-refractivity contribution in [1.29, 1.82) is 0 Å². The molecule has 116 valence electrons. The molecule has 7 heteroatoms. The largest absolute Gasteiger partial charge is 0.371 e. The van der Waals surface area contributed by atoms with Gasteiger partial charge in [-0.2, -0.15) is 0 Å². The molecule has 0 unspecified atom stereocenters. The van der Waals surface area contributed by atoms with E-state index in [2.05, 4.69) is 24.8 Å². The van der Waals surface area contributed by atoms with Crippen molar-refractivity contribution in [3.8, 4) is 0 Å². The summed E-state index contributed by atoms with van der Waals surface area (Å²) >= 11 is 0. The zero-order chi connectivity index (χ0) is 15.6. The monoisotopic (exact) mass is 309 g/mol. The lowest BCUT2D eigenvalue weighted by molar-refractivity contribution is 0.0550. The molecule has 7 nitrogen and oxygen atoms in total. The van der Waals surface area contributed by atoms with E-state index < -0.39 is 0 Å².